The van der Waals surface area contributed by atoms with Crippen LogP contribution in [-0.2, 0) is 14.3 Å². The summed E-state index contributed by atoms with van der Waals surface area (Å²) in [6, 6.07) is -1.01. The number of methoxy groups -OCH3 is 1. The van der Waals surface area contributed by atoms with E-state index in [4.69, 9.17) is 5.11 Å². The molecule has 2 amide bonds. The summed E-state index contributed by atoms with van der Waals surface area (Å²) in [4.78, 5) is 35.5. The molecule has 114 valence electrons. The fourth-order valence-corrected chi connectivity index (χ4v) is 2.18. The number of likely N-dealkylation sites (tertiary alicyclic amines) is 1. The van der Waals surface area contributed by atoms with Crippen LogP contribution in [-0.4, -0.2) is 54.2 Å². The number of ether oxygens (including phenoxy) is 1. The Morgan fingerprint density at radius 1 is 1.35 bits per heavy atom. The van der Waals surface area contributed by atoms with Crippen molar-refractivity contribution in [2.24, 2.45) is 11.8 Å². The van der Waals surface area contributed by atoms with Gasteiger partial charge in [-0.2, -0.15) is 0 Å². The van der Waals surface area contributed by atoms with Crippen LogP contribution in [0, 0.1) is 11.8 Å². The smallest absolute Gasteiger partial charge is 0.328 e. The number of aliphatic carboxylic acids is 1. The Hall–Kier alpha value is -1.79. The van der Waals surface area contributed by atoms with Crippen LogP contribution < -0.4 is 5.32 Å². The molecule has 1 saturated heterocycles. The number of amides is 2. The second kappa shape index (κ2) is 7.12. The summed E-state index contributed by atoms with van der Waals surface area (Å²) in [6.45, 7) is 4.73. The Bertz CT molecular complexity index is 377. The predicted octanol–water partition coefficient (Wildman–Crippen LogP) is 0.690. The van der Waals surface area contributed by atoms with Crippen molar-refractivity contribution >= 4 is 18.0 Å². The number of nitrogens with zero attached hydrogens (tertiary/aromatic N) is 1. The molecule has 1 rings (SSSR count). The Kier molecular flexibility index (Phi) is 5.79. The highest BCUT2D eigenvalue weighted by Crippen LogP contribution is 2.19. The summed E-state index contributed by atoms with van der Waals surface area (Å²) < 4.78 is 4.67. The standard InChI is InChI=1S/C13H22N2O5/c1-8(2)4-10(12(18)20-3)14-13(19)15-6-9(7-15)5-11(16)17/h8-10H,4-7H2,1-3H3,(H,14,19)(H,16,17). The Morgan fingerprint density at radius 3 is 2.40 bits per heavy atom. The molecule has 0 aromatic carbocycles. The molecule has 7 heteroatoms. The molecule has 1 aliphatic heterocycles. The van der Waals surface area contributed by atoms with Crippen molar-refractivity contribution < 1.29 is 24.2 Å². The van der Waals surface area contributed by atoms with Crippen molar-refractivity contribution in [3.05, 3.63) is 0 Å². The zero-order chi connectivity index (χ0) is 15.3. The number of carboxylic acid groups (broad SMARTS) is 1. The molecule has 0 bridgehead atoms. The fraction of sp³-hybridized carbons (Fsp3) is 0.769. The van der Waals surface area contributed by atoms with Crippen LogP contribution in [0.2, 0.25) is 0 Å². The van der Waals surface area contributed by atoms with E-state index in [0.29, 0.717) is 19.5 Å². The van der Waals surface area contributed by atoms with Crippen molar-refractivity contribution in [2.75, 3.05) is 20.2 Å². The van der Waals surface area contributed by atoms with Crippen LogP contribution in [0.5, 0.6) is 0 Å². The van der Waals surface area contributed by atoms with Gasteiger partial charge in [0.2, 0.25) is 0 Å². The normalized spacial score (nSPS) is 16.5. The van der Waals surface area contributed by atoms with Gasteiger partial charge in [-0.25, -0.2) is 9.59 Å². The number of esters is 1. The van der Waals surface area contributed by atoms with E-state index in [2.05, 4.69) is 10.1 Å². The lowest BCUT2D eigenvalue weighted by Crippen LogP contribution is -2.57. The maximum absolute atomic E-state index is 11.9. The van der Waals surface area contributed by atoms with Gasteiger partial charge in [-0.1, -0.05) is 13.8 Å². The lowest BCUT2D eigenvalue weighted by Gasteiger charge is -2.39. The van der Waals surface area contributed by atoms with Gasteiger partial charge in [0.1, 0.15) is 6.04 Å². The molecular weight excluding hydrogens is 264 g/mol. The van der Waals surface area contributed by atoms with Crippen LogP contribution >= 0.6 is 0 Å². The summed E-state index contributed by atoms with van der Waals surface area (Å²) in [5.41, 5.74) is 0. The first-order valence-electron chi connectivity index (χ1n) is 6.68. The van der Waals surface area contributed by atoms with E-state index in [0.717, 1.165) is 0 Å². The van der Waals surface area contributed by atoms with Crippen molar-refractivity contribution in [2.45, 2.75) is 32.7 Å². The zero-order valence-electron chi connectivity index (χ0n) is 12.1. The van der Waals surface area contributed by atoms with E-state index < -0.39 is 18.0 Å². The SMILES string of the molecule is COC(=O)C(CC(C)C)NC(=O)N1CC(CC(=O)O)C1. The fourth-order valence-electron chi connectivity index (χ4n) is 2.18. The van der Waals surface area contributed by atoms with Crippen molar-refractivity contribution in [3.63, 3.8) is 0 Å². The second-order valence-electron chi connectivity index (χ2n) is 5.52. The van der Waals surface area contributed by atoms with Gasteiger partial charge in [0.15, 0.2) is 0 Å². The van der Waals surface area contributed by atoms with E-state index in [-0.39, 0.29) is 24.3 Å². The predicted molar refractivity (Wildman–Crippen MR) is 71.1 cm³/mol. The van der Waals surface area contributed by atoms with Crippen LogP contribution in [0.1, 0.15) is 26.7 Å². The minimum Gasteiger partial charge on any atom is -0.481 e. The summed E-state index contributed by atoms with van der Waals surface area (Å²) in [7, 11) is 1.29. The lowest BCUT2D eigenvalue weighted by molar-refractivity contribution is -0.143. The van der Waals surface area contributed by atoms with Gasteiger partial charge < -0.3 is 20.1 Å². The van der Waals surface area contributed by atoms with Gasteiger partial charge in [0.05, 0.1) is 13.5 Å². The van der Waals surface area contributed by atoms with E-state index in [9.17, 15) is 14.4 Å². The molecule has 0 aromatic heterocycles. The summed E-state index contributed by atoms with van der Waals surface area (Å²) in [6.07, 6.45) is 0.570. The number of nitrogens with one attached hydrogen (secondary N) is 1. The maximum Gasteiger partial charge on any atom is 0.328 e. The highest BCUT2D eigenvalue weighted by atomic mass is 16.5. The summed E-state index contributed by atoms with van der Waals surface area (Å²) in [5, 5.41) is 11.3. The maximum atomic E-state index is 11.9. The average molecular weight is 286 g/mol. The van der Waals surface area contributed by atoms with Crippen LogP contribution in [0.3, 0.4) is 0 Å². The number of carbonyl (C=O) groups is 3. The minimum atomic E-state index is -0.859. The van der Waals surface area contributed by atoms with Gasteiger partial charge in [-0.05, 0) is 12.3 Å². The molecule has 0 spiro atoms. The molecular formula is C13H22N2O5. The van der Waals surface area contributed by atoms with Gasteiger partial charge in [-0.15, -0.1) is 0 Å². The monoisotopic (exact) mass is 286 g/mol. The van der Waals surface area contributed by atoms with Gasteiger partial charge in [0, 0.05) is 19.0 Å². The van der Waals surface area contributed by atoms with Crippen molar-refractivity contribution in [1.29, 1.82) is 0 Å². The molecule has 1 aliphatic rings. The second-order valence-corrected chi connectivity index (χ2v) is 5.52. The van der Waals surface area contributed by atoms with Gasteiger partial charge in [0.25, 0.3) is 0 Å². The average Bonchev–Trinajstić information content (AvgIpc) is 2.30. The van der Waals surface area contributed by atoms with Gasteiger partial charge in [-0.3, -0.25) is 4.79 Å². The molecule has 2 N–H and O–H groups in total. The molecule has 1 unspecified atom stereocenters. The number of hydrogen-bond donors (Lipinski definition) is 2. The molecule has 0 radical (unpaired) electrons. The summed E-state index contributed by atoms with van der Waals surface area (Å²) in [5.74, 6) is -1.08. The molecule has 0 saturated carbocycles. The number of carboxylic acids is 1. The molecule has 0 aliphatic carbocycles. The number of carbonyl (C=O) groups excluding carboxylic acids is 2. The first-order chi connectivity index (χ1) is 9.33. The minimum absolute atomic E-state index is 0.0000691. The quantitative estimate of drug-likeness (QED) is 0.700. The highest BCUT2D eigenvalue weighted by Gasteiger charge is 2.34. The highest BCUT2D eigenvalue weighted by molar-refractivity contribution is 5.84. The van der Waals surface area contributed by atoms with Crippen LogP contribution in [0.25, 0.3) is 0 Å². The molecule has 1 fully saturated rings. The Balaban J connectivity index is 2.43. The third-order valence-electron chi connectivity index (χ3n) is 3.20. The Morgan fingerprint density at radius 2 is 1.95 bits per heavy atom. The number of hydrogen-bond acceptors (Lipinski definition) is 4. The molecule has 20 heavy (non-hydrogen) atoms. The largest absolute Gasteiger partial charge is 0.481 e. The Labute approximate surface area is 118 Å². The van der Waals surface area contributed by atoms with E-state index in [1.807, 2.05) is 13.8 Å². The van der Waals surface area contributed by atoms with Crippen molar-refractivity contribution in [3.8, 4) is 0 Å². The van der Waals surface area contributed by atoms with Gasteiger partial charge >= 0.3 is 18.0 Å². The topological polar surface area (TPSA) is 95.9 Å². The number of urea groups is 1. The summed E-state index contributed by atoms with van der Waals surface area (Å²) >= 11 is 0. The molecule has 1 atom stereocenters. The first kappa shape index (κ1) is 16.3. The third-order valence-corrected chi connectivity index (χ3v) is 3.20. The first-order valence-corrected chi connectivity index (χ1v) is 6.68. The molecule has 1 heterocycles. The zero-order valence-corrected chi connectivity index (χ0v) is 12.1. The lowest BCUT2D eigenvalue weighted by atomic mass is 9.97. The van der Waals surface area contributed by atoms with E-state index >= 15 is 0 Å². The van der Waals surface area contributed by atoms with E-state index in [1.54, 1.807) is 0 Å². The van der Waals surface area contributed by atoms with E-state index in [1.165, 1.54) is 12.0 Å². The molecule has 7 nitrogen and oxygen atoms in total. The number of rotatable bonds is 6. The van der Waals surface area contributed by atoms with Crippen molar-refractivity contribution in [1.82, 2.24) is 10.2 Å². The van der Waals surface area contributed by atoms with Crippen LogP contribution in [0.15, 0.2) is 0 Å². The third kappa shape index (κ3) is 4.71. The molecule has 0 aromatic rings. The van der Waals surface area contributed by atoms with Crippen LogP contribution in [0.4, 0.5) is 4.79 Å².